The Bertz CT molecular complexity index is 265. The van der Waals surface area contributed by atoms with E-state index in [2.05, 4.69) is 5.10 Å². The number of nitrogens with zero attached hydrogens (tertiary/aromatic N) is 2. The van der Waals surface area contributed by atoms with Gasteiger partial charge in [0.15, 0.2) is 0 Å². The lowest BCUT2D eigenvalue weighted by atomic mass is 10.3. The molecule has 10 heavy (non-hydrogen) atoms. The number of thiocarbonyl (C=S) groups is 1. The predicted molar refractivity (Wildman–Crippen MR) is 43.5 cm³/mol. The second-order valence-electron chi connectivity index (χ2n) is 1.93. The van der Waals surface area contributed by atoms with E-state index in [0.717, 1.165) is 0 Å². The lowest BCUT2D eigenvalue weighted by Gasteiger charge is -1.95. The zero-order valence-electron chi connectivity index (χ0n) is 5.53. The number of nitrogens with two attached hydrogens (primary N) is 2. The summed E-state index contributed by atoms with van der Waals surface area (Å²) < 4.78 is 1.52. The van der Waals surface area contributed by atoms with Crippen molar-refractivity contribution < 1.29 is 0 Å². The summed E-state index contributed by atoms with van der Waals surface area (Å²) >= 11 is 4.71. The lowest BCUT2D eigenvalue weighted by Crippen LogP contribution is -2.11. The molecule has 1 aromatic heterocycles. The zero-order chi connectivity index (χ0) is 7.72. The van der Waals surface area contributed by atoms with E-state index in [-0.39, 0.29) is 4.99 Å². The third kappa shape index (κ3) is 0.950. The third-order valence-corrected chi connectivity index (χ3v) is 1.47. The van der Waals surface area contributed by atoms with E-state index >= 15 is 0 Å². The largest absolute Gasteiger partial charge is 0.389 e. The van der Waals surface area contributed by atoms with Gasteiger partial charge in [0.05, 0.1) is 11.8 Å². The first-order valence-electron chi connectivity index (χ1n) is 2.70. The van der Waals surface area contributed by atoms with Gasteiger partial charge in [-0.25, -0.2) is 0 Å². The summed E-state index contributed by atoms with van der Waals surface area (Å²) in [6.45, 7) is 0. The highest BCUT2D eigenvalue weighted by Gasteiger charge is 2.05. The van der Waals surface area contributed by atoms with Crippen molar-refractivity contribution in [2.75, 3.05) is 5.73 Å². The molecule has 0 saturated carbocycles. The smallest absolute Gasteiger partial charge is 0.131 e. The third-order valence-electron chi connectivity index (χ3n) is 1.25. The number of hydrogen-bond donors (Lipinski definition) is 2. The van der Waals surface area contributed by atoms with Crippen molar-refractivity contribution in [3.05, 3.63) is 11.8 Å². The number of aromatic nitrogens is 2. The first kappa shape index (κ1) is 7.01. The Balaban J connectivity index is 3.17. The molecule has 0 fully saturated rings. The summed E-state index contributed by atoms with van der Waals surface area (Å²) in [6, 6.07) is 0. The van der Waals surface area contributed by atoms with E-state index in [9.17, 15) is 0 Å². The topological polar surface area (TPSA) is 69.9 Å². The van der Waals surface area contributed by atoms with Crippen LogP contribution in [0.1, 0.15) is 5.56 Å². The molecule has 0 saturated heterocycles. The van der Waals surface area contributed by atoms with Crippen molar-refractivity contribution in [3.63, 3.8) is 0 Å². The summed E-state index contributed by atoms with van der Waals surface area (Å²) in [5.41, 5.74) is 11.5. The molecule has 1 aromatic rings. The van der Waals surface area contributed by atoms with E-state index in [1.54, 1.807) is 13.2 Å². The summed E-state index contributed by atoms with van der Waals surface area (Å²) in [5, 5.41) is 3.86. The van der Waals surface area contributed by atoms with Crippen LogP contribution in [0.15, 0.2) is 6.20 Å². The summed E-state index contributed by atoms with van der Waals surface area (Å²) in [4.78, 5) is 0.283. The summed E-state index contributed by atoms with van der Waals surface area (Å²) in [5.74, 6) is 0.507. The molecular formula is C5H8N4S. The van der Waals surface area contributed by atoms with Crippen LogP contribution in [0.25, 0.3) is 0 Å². The van der Waals surface area contributed by atoms with Crippen LogP contribution in [-0.2, 0) is 7.05 Å². The maximum atomic E-state index is 5.54. The van der Waals surface area contributed by atoms with Crippen LogP contribution in [0.2, 0.25) is 0 Å². The van der Waals surface area contributed by atoms with Crippen molar-refractivity contribution in [1.29, 1.82) is 0 Å². The van der Waals surface area contributed by atoms with Crippen LogP contribution in [0, 0.1) is 0 Å². The minimum Gasteiger partial charge on any atom is -0.389 e. The van der Waals surface area contributed by atoms with E-state index in [4.69, 9.17) is 23.7 Å². The predicted octanol–water partition coefficient (Wildman–Crippen LogP) is -0.363. The second-order valence-corrected chi connectivity index (χ2v) is 2.37. The number of hydrogen-bond acceptors (Lipinski definition) is 3. The molecule has 1 rings (SSSR count). The average molecular weight is 156 g/mol. The van der Waals surface area contributed by atoms with Crippen LogP contribution < -0.4 is 11.5 Å². The number of anilines is 1. The highest BCUT2D eigenvalue weighted by Crippen LogP contribution is 2.07. The Morgan fingerprint density at radius 1 is 1.80 bits per heavy atom. The van der Waals surface area contributed by atoms with Gasteiger partial charge in [-0.05, 0) is 0 Å². The number of rotatable bonds is 1. The average Bonchev–Trinajstić information content (AvgIpc) is 2.14. The van der Waals surface area contributed by atoms with Gasteiger partial charge >= 0.3 is 0 Å². The molecule has 0 atom stereocenters. The van der Waals surface area contributed by atoms with Gasteiger partial charge in [0.25, 0.3) is 0 Å². The molecule has 0 aromatic carbocycles. The molecule has 0 aliphatic rings. The summed E-state index contributed by atoms with van der Waals surface area (Å²) in [7, 11) is 1.73. The summed E-state index contributed by atoms with van der Waals surface area (Å²) in [6.07, 6.45) is 1.55. The number of aryl methyl sites for hydroxylation is 1. The van der Waals surface area contributed by atoms with Crippen LogP contribution in [-0.4, -0.2) is 14.8 Å². The first-order chi connectivity index (χ1) is 4.63. The number of nitrogen functional groups attached to an aromatic ring is 1. The Hall–Kier alpha value is -1.10. The highest BCUT2D eigenvalue weighted by molar-refractivity contribution is 7.80. The van der Waals surface area contributed by atoms with E-state index in [1.807, 2.05) is 0 Å². The fourth-order valence-electron chi connectivity index (χ4n) is 0.637. The van der Waals surface area contributed by atoms with Crippen molar-refractivity contribution in [1.82, 2.24) is 9.78 Å². The molecule has 0 radical (unpaired) electrons. The molecule has 0 spiro atoms. The van der Waals surface area contributed by atoms with E-state index in [1.165, 1.54) is 4.68 Å². The van der Waals surface area contributed by atoms with Gasteiger partial charge in [-0.15, -0.1) is 0 Å². The van der Waals surface area contributed by atoms with Crippen molar-refractivity contribution in [2.24, 2.45) is 12.8 Å². The van der Waals surface area contributed by atoms with Crippen LogP contribution >= 0.6 is 12.2 Å². The van der Waals surface area contributed by atoms with Gasteiger partial charge < -0.3 is 11.5 Å². The van der Waals surface area contributed by atoms with Crippen molar-refractivity contribution >= 4 is 23.0 Å². The quantitative estimate of drug-likeness (QED) is 0.545. The Kier molecular flexibility index (Phi) is 1.58. The molecular weight excluding hydrogens is 148 g/mol. The molecule has 5 heteroatoms. The first-order valence-corrected chi connectivity index (χ1v) is 3.11. The molecule has 4 nitrogen and oxygen atoms in total. The molecule has 0 aliphatic heterocycles. The minimum absolute atomic E-state index is 0.283. The molecule has 54 valence electrons. The van der Waals surface area contributed by atoms with Crippen molar-refractivity contribution in [3.8, 4) is 0 Å². The fourth-order valence-corrected chi connectivity index (χ4v) is 0.794. The second kappa shape index (κ2) is 2.26. The normalized spacial score (nSPS) is 9.70. The lowest BCUT2D eigenvalue weighted by molar-refractivity contribution is 0.779. The molecule has 4 N–H and O–H groups in total. The van der Waals surface area contributed by atoms with Crippen LogP contribution in [0.5, 0.6) is 0 Å². The van der Waals surface area contributed by atoms with Gasteiger partial charge in [0.1, 0.15) is 10.8 Å². The molecule has 0 bridgehead atoms. The van der Waals surface area contributed by atoms with Crippen molar-refractivity contribution in [2.45, 2.75) is 0 Å². The highest BCUT2D eigenvalue weighted by atomic mass is 32.1. The van der Waals surface area contributed by atoms with Crippen LogP contribution in [0.4, 0.5) is 5.82 Å². The molecule has 0 amide bonds. The Morgan fingerprint density at radius 2 is 2.40 bits per heavy atom. The standard InChI is InChI=1S/C5H8N4S/c1-9-4(6)3(2-8-9)5(7)10/h2H,6H2,1H3,(H2,7,10). The SMILES string of the molecule is Cn1ncc(C(N)=S)c1N. The molecule has 0 unspecified atom stereocenters. The van der Waals surface area contributed by atoms with Crippen LogP contribution in [0.3, 0.4) is 0 Å². The maximum absolute atomic E-state index is 5.54. The van der Waals surface area contributed by atoms with E-state index in [0.29, 0.717) is 11.4 Å². The van der Waals surface area contributed by atoms with Gasteiger partial charge in [-0.2, -0.15) is 5.10 Å². The Morgan fingerprint density at radius 3 is 2.60 bits per heavy atom. The minimum atomic E-state index is 0.283. The van der Waals surface area contributed by atoms with E-state index < -0.39 is 0 Å². The fraction of sp³-hybridized carbons (Fsp3) is 0.200. The monoisotopic (exact) mass is 156 g/mol. The Labute approximate surface area is 63.8 Å². The maximum Gasteiger partial charge on any atom is 0.131 e. The van der Waals surface area contributed by atoms with Gasteiger partial charge in [0, 0.05) is 7.05 Å². The van der Waals surface area contributed by atoms with Gasteiger partial charge in [-0.3, -0.25) is 4.68 Å². The zero-order valence-corrected chi connectivity index (χ0v) is 6.35. The molecule has 0 aliphatic carbocycles. The van der Waals surface area contributed by atoms with Gasteiger partial charge in [0.2, 0.25) is 0 Å². The van der Waals surface area contributed by atoms with Gasteiger partial charge in [-0.1, -0.05) is 12.2 Å². The molecule has 1 heterocycles.